The predicted octanol–water partition coefficient (Wildman–Crippen LogP) is 0.492. The molecule has 0 aromatic heterocycles. The summed E-state index contributed by atoms with van der Waals surface area (Å²) >= 11 is 0. The number of esters is 2. The van der Waals surface area contributed by atoms with Crippen LogP contribution >= 0.6 is 0 Å². The van der Waals surface area contributed by atoms with Gasteiger partial charge in [0.2, 0.25) is 0 Å². The smallest absolute Gasteiger partial charge is 0.347 e. The molecule has 0 aliphatic carbocycles. The lowest BCUT2D eigenvalue weighted by molar-refractivity contribution is -0.182. The summed E-state index contributed by atoms with van der Waals surface area (Å²) in [6.45, 7) is 5.68. The first-order chi connectivity index (χ1) is 7.67. The first-order valence-electron chi connectivity index (χ1n) is 5.19. The second kappa shape index (κ2) is 9.11. The summed E-state index contributed by atoms with van der Waals surface area (Å²) in [6, 6.07) is 0. The van der Waals surface area contributed by atoms with Gasteiger partial charge in [0.1, 0.15) is 6.79 Å². The zero-order valence-electron chi connectivity index (χ0n) is 9.86. The lowest BCUT2D eigenvalue weighted by Gasteiger charge is -2.14. The molecular weight excluding hydrogens is 216 g/mol. The molecule has 0 N–H and O–H groups in total. The van der Waals surface area contributed by atoms with Crippen molar-refractivity contribution in [1.82, 2.24) is 0 Å². The number of hydrogen-bond donors (Lipinski definition) is 0. The van der Waals surface area contributed by atoms with Crippen LogP contribution < -0.4 is 0 Å². The van der Waals surface area contributed by atoms with Gasteiger partial charge in [-0.05, 0) is 20.8 Å². The molecule has 0 fully saturated rings. The van der Waals surface area contributed by atoms with E-state index < -0.39 is 18.0 Å². The molecule has 0 aliphatic heterocycles. The third kappa shape index (κ3) is 5.67. The van der Waals surface area contributed by atoms with Gasteiger partial charge in [-0.2, -0.15) is 0 Å². The number of carbonyl (C=O) groups is 2. The Morgan fingerprint density at radius 3 is 1.81 bits per heavy atom. The van der Waals surface area contributed by atoms with Crippen LogP contribution in [0, 0.1) is 0 Å². The lowest BCUT2D eigenvalue weighted by Crippen LogP contribution is -2.36. The first-order valence-corrected chi connectivity index (χ1v) is 5.19. The van der Waals surface area contributed by atoms with Crippen molar-refractivity contribution in [2.45, 2.75) is 26.9 Å². The van der Waals surface area contributed by atoms with Gasteiger partial charge < -0.3 is 18.9 Å². The molecule has 0 bridgehead atoms. The van der Waals surface area contributed by atoms with E-state index >= 15 is 0 Å². The van der Waals surface area contributed by atoms with Crippen molar-refractivity contribution in [3.05, 3.63) is 0 Å². The van der Waals surface area contributed by atoms with Crippen molar-refractivity contribution in [2.75, 3.05) is 26.6 Å². The van der Waals surface area contributed by atoms with Crippen molar-refractivity contribution in [1.29, 1.82) is 0 Å². The fourth-order valence-electron chi connectivity index (χ4n) is 0.868. The van der Waals surface area contributed by atoms with Gasteiger partial charge in [0, 0.05) is 6.61 Å². The van der Waals surface area contributed by atoms with E-state index in [9.17, 15) is 9.59 Å². The van der Waals surface area contributed by atoms with Gasteiger partial charge in [-0.1, -0.05) is 0 Å². The van der Waals surface area contributed by atoms with Crippen LogP contribution in [0.25, 0.3) is 0 Å². The standard InChI is InChI=1S/C10H18O6/c1-4-13-7-16-8(9(11)14-5-2)10(12)15-6-3/h8H,4-7H2,1-3H3. The van der Waals surface area contributed by atoms with Gasteiger partial charge in [0.15, 0.2) is 0 Å². The molecule has 16 heavy (non-hydrogen) atoms. The van der Waals surface area contributed by atoms with E-state index in [2.05, 4.69) is 9.47 Å². The Hall–Kier alpha value is -1.14. The quantitative estimate of drug-likeness (QED) is 0.263. The molecule has 0 amide bonds. The van der Waals surface area contributed by atoms with Gasteiger partial charge in [-0.25, -0.2) is 9.59 Å². The Labute approximate surface area is 94.8 Å². The zero-order valence-corrected chi connectivity index (χ0v) is 9.86. The van der Waals surface area contributed by atoms with Crippen LogP contribution in [0.2, 0.25) is 0 Å². The van der Waals surface area contributed by atoms with E-state index in [1.54, 1.807) is 20.8 Å². The van der Waals surface area contributed by atoms with Crippen molar-refractivity contribution >= 4 is 11.9 Å². The lowest BCUT2D eigenvalue weighted by atomic mass is 10.3. The maximum absolute atomic E-state index is 11.4. The second-order valence-corrected chi connectivity index (χ2v) is 2.66. The van der Waals surface area contributed by atoms with Crippen molar-refractivity contribution in [3.8, 4) is 0 Å². The highest BCUT2D eigenvalue weighted by molar-refractivity contribution is 5.98. The Bertz CT molecular complexity index is 197. The van der Waals surface area contributed by atoms with Gasteiger partial charge >= 0.3 is 11.9 Å². The maximum Gasteiger partial charge on any atom is 0.347 e. The molecule has 94 valence electrons. The Morgan fingerprint density at radius 1 is 0.938 bits per heavy atom. The second-order valence-electron chi connectivity index (χ2n) is 2.66. The normalized spacial score (nSPS) is 10.2. The predicted molar refractivity (Wildman–Crippen MR) is 54.6 cm³/mol. The molecule has 0 rings (SSSR count). The van der Waals surface area contributed by atoms with Crippen LogP contribution in [0.3, 0.4) is 0 Å². The van der Waals surface area contributed by atoms with Gasteiger partial charge in [0.05, 0.1) is 13.2 Å². The molecule has 0 aromatic rings. The molecule has 0 atom stereocenters. The van der Waals surface area contributed by atoms with Gasteiger partial charge in [-0.3, -0.25) is 0 Å². The molecule has 0 spiro atoms. The zero-order chi connectivity index (χ0) is 12.4. The number of carbonyl (C=O) groups excluding carboxylic acids is 2. The van der Waals surface area contributed by atoms with Gasteiger partial charge in [-0.15, -0.1) is 0 Å². The fourth-order valence-corrected chi connectivity index (χ4v) is 0.868. The van der Waals surface area contributed by atoms with Crippen molar-refractivity contribution < 1.29 is 28.5 Å². The third-order valence-electron chi connectivity index (χ3n) is 1.52. The molecule has 0 aromatic carbocycles. The fraction of sp³-hybridized carbons (Fsp3) is 0.800. The van der Waals surface area contributed by atoms with E-state index in [0.29, 0.717) is 6.61 Å². The summed E-state index contributed by atoms with van der Waals surface area (Å²) < 4.78 is 19.2. The molecule has 6 nitrogen and oxygen atoms in total. The average Bonchev–Trinajstić information content (AvgIpc) is 2.25. The Kier molecular flexibility index (Phi) is 8.46. The van der Waals surface area contributed by atoms with E-state index in [0.717, 1.165) is 0 Å². The minimum absolute atomic E-state index is 0.154. The monoisotopic (exact) mass is 234 g/mol. The highest BCUT2D eigenvalue weighted by atomic mass is 16.7. The Balaban J connectivity index is 4.25. The molecule has 0 unspecified atom stereocenters. The summed E-state index contributed by atoms with van der Waals surface area (Å²) in [6.07, 6.45) is -1.37. The number of ether oxygens (including phenoxy) is 4. The Morgan fingerprint density at radius 2 is 1.44 bits per heavy atom. The first kappa shape index (κ1) is 14.9. The highest BCUT2D eigenvalue weighted by Gasteiger charge is 2.30. The minimum Gasteiger partial charge on any atom is -0.464 e. The van der Waals surface area contributed by atoms with Crippen LogP contribution in [0.5, 0.6) is 0 Å². The van der Waals surface area contributed by atoms with E-state index in [-0.39, 0.29) is 20.0 Å². The molecule has 0 radical (unpaired) electrons. The van der Waals surface area contributed by atoms with E-state index in [1.807, 2.05) is 0 Å². The van der Waals surface area contributed by atoms with E-state index in [1.165, 1.54) is 0 Å². The van der Waals surface area contributed by atoms with Crippen LogP contribution in [0.1, 0.15) is 20.8 Å². The highest BCUT2D eigenvalue weighted by Crippen LogP contribution is 2.00. The van der Waals surface area contributed by atoms with Crippen LogP contribution in [0.15, 0.2) is 0 Å². The van der Waals surface area contributed by atoms with Crippen molar-refractivity contribution in [3.63, 3.8) is 0 Å². The molecule has 0 aliphatic rings. The topological polar surface area (TPSA) is 71.1 Å². The molecule has 0 saturated heterocycles. The van der Waals surface area contributed by atoms with Crippen molar-refractivity contribution in [2.24, 2.45) is 0 Å². The molecule has 6 heteroatoms. The van der Waals surface area contributed by atoms with Crippen LogP contribution in [0.4, 0.5) is 0 Å². The number of rotatable bonds is 8. The summed E-state index contributed by atoms with van der Waals surface area (Å²) in [5, 5.41) is 0. The maximum atomic E-state index is 11.4. The van der Waals surface area contributed by atoms with Crippen LogP contribution in [-0.4, -0.2) is 44.7 Å². The minimum atomic E-state index is -1.37. The average molecular weight is 234 g/mol. The molecule has 0 saturated carbocycles. The largest absolute Gasteiger partial charge is 0.464 e. The number of hydrogen-bond acceptors (Lipinski definition) is 6. The summed E-state index contributed by atoms with van der Waals surface area (Å²) in [5.41, 5.74) is 0. The third-order valence-corrected chi connectivity index (χ3v) is 1.52. The molecular formula is C10H18O6. The summed E-state index contributed by atoms with van der Waals surface area (Å²) in [7, 11) is 0. The summed E-state index contributed by atoms with van der Waals surface area (Å²) in [4.78, 5) is 22.7. The molecule has 0 heterocycles. The van der Waals surface area contributed by atoms with Crippen LogP contribution in [-0.2, 0) is 28.5 Å². The summed E-state index contributed by atoms with van der Waals surface area (Å²) in [5.74, 6) is -1.53. The van der Waals surface area contributed by atoms with Gasteiger partial charge in [0.25, 0.3) is 6.10 Å². The SMILES string of the molecule is CCOCOC(C(=O)OCC)C(=O)OCC. The van der Waals surface area contributed by atoms with E-state index in [4.69, 9.17) is 9.47 Å².